The first-order chi connectivity index (χ1) is 16.3. The van der Waals surface area contributed by atoms with E-state index >= 15 is 0 Å². The molecule has 0 saturated carbocycles. The lowest BCUT2D eigenvalue weighted by Crippen LogP contribution is -2.50. The molecular formula is C25H22F3N5O. The number of amides is 1. The minimum atomic E-state index is -1.49. The number of aromatic nitrogens is 4. The fourth-order valence-electron chi connectivity index (χ4n) is 5.64. The Labute approximate surface area is 193 Å². The Kier molecular flexibility index (Phi) is 4.59. The van der Waals surface area contributed by atoms with Gasteiger partial charge in [0.1, 0.15) is 11.3 Å². The van der Waals surface area contributed by atoms with Crippen molar-refractivity contribution in [3.05, 3.63) is 76.6 Å². The highest BCUT2D eigenvalue weighted by atomic mass is 19.2. The predicted octanol–water partition coefficient (Wildman–Crippen LogP) is 4.75. The molecule has 34 heavy (non-hydrogen) atoms. The highest BCUT2D eigenvalue weighted by molar-refractivity contribution is 5.94. The van der Waals surface area contributed by atoms with Gasteiger partial charge in [0.25, 0.3) is 5.91 Å². The molecule has 2 aliphatic heterocycles. The van der Waals surface area contributed by atoms with E-state index in [-0.39, 0.29) is 23.6 Å². The number of pyridine rings is 1. The van der Waals surface area contributed by atoms with Crippen molar-refractivity contribution in [3.8, 4) is 11.3 Å². The number of hydrogen-bond donors (Lipinski definition) is 0. The Morgan fingerprint density at radius 2 is 1.88 bits per heavy atom. The highest BCUT2D eigenvalue weighted by Crippen LogP contribution is 2.45. The lowest BCUT2D eigenvalue weighted by Gasteiger charge is -2.45. The minimum Gasteiger partial charge on any atom is -0.325 e. The first kappa shape index (κ1) is 20.9. The second-order valence-electron chi connectivity index (χ2n) is 9.13. The van der Waals surface area contributed by atoms with Gasteiger partial charge < -0.3 is 4.90 Å². The molecule has 2 aliphatic rings. The summed E-state index contributed by atoms with van der Waals surface area (Å²) < 4.78 is 45.0. The van der Waals surface area contributed by atoms with Crippen LogP contribution in [0, 0.1) is 24.4 Å². The van der Waals surface area contributed by atoms with Crippen molar-refractivity contribution in [2.75, 3.05) is 0 Å². The fraction of sp³-hybridized carbons (Fsp3) is 0.320. The van der Waals surface area contributed by atoms with Crippen molar-refractivity contribution in [2.45, 2.75) is 44.7 Å². The number of carbonyl (C=O) groups excluding carboxylic acids is 1. The van der Waals surface area contributed by atoms with Gasteiger partial charge in [0, 0.05) is 30.4 Å². The smallest absolute Gasteiger partial charge is 0.271 e. The molecule has 6 rings (SSSR count). The maximum absolute atomic E-state index is 14.0. The first-order valence-corrected chi connectivity index (χ1v) is 11.3. The van der Waals surface area contributed by atoms with E-state index in [4.69, 9.17) is 0 Å². The van der Waals surface area contributed by atoms with Gasteiger partial charge in [-0.25, -0.2) is 18.2 Å². The maximum Gasteiger partial charge on any atom is 0.271 e. The van der Waals surface area contributed by atoms with Gasteiger partial charge >= 0.3 is 0 Å². The van der Waals surface area contributed by atoms with Crippen LogP contribution in [0.5, 0.6) is 0 Å². The fourth-order valence-corrected chi connectivity index (χ4v) is 5.64. The third kappa shape index (κ3) is 2.99. The van der Waals surface area contributed by atoms with Gasteiger partial charge in [-0.1, -0.05) is 6.07 Å². The number of carbonyl (C=O) groups is 1. The van der Waals surface area contributed by atoms with Crippen LogP contribution in [0.2, 0.25) is 0 Å². The Bertz CT molecular complexity index is 1450. The van der Waals surface area contributed by atoms with E-state index in [1.807, 2.05) is 34.6 Å². The molecule has 2 atom stereocenters. The first-order valence-electron chi connectivity index (χ1n) is 11.3. The van der Waals surface area contributed by atoms with Crippen LogP contribution in [0.25, 0.3) is 16.9 Å². The second-order valence-corrected chi connectivity index (χ2v) is 9.13. The number of halogens is 3. The summed E-state index contributed by atoms with van der Waals surface area (Å²) in [6, 6.07) is 7.19. The minimum absolute atomic E-state index is 0.0725. The van der Waals surface area contributed by atoms with Gasteiger partial charge in [-0.15, -0.1) is 0 Å². The molecule has 174 valence electrons. The Hall–Kier alpha value is -3.62. The summed E-state index contributed by atoms with van der Waals surface area (Å²) in [5, 5.41) is 4.69. The van der Waals surface area contributed by atoms with Gasteiger partial charge in [0.05, 0.1) is 23.1 Å². The molecule has 1 aromatic carbocycles. The maximum atomic E-state index is 14.0. The number of aryl methyl sites for hydroxylation is 2. The van der Waals surface area contributed by atoms with Crippen LogP contribution < -0.4 is 0 Å². The van der Waals surface area contributed by atoms with Crippen molar-refractivity contribution in [1.82, 2.24) is 24.1 Å². The quantitative estimate of drug-likeness (QED) is 0.402. The zero-order valence-electron chi connectivity index (χ0n) is 18.7. The van der Waals surface area contributed by atoms with E-state index < -0.39 is 17.5 Å². The molecule has 3 aromatic heterocycles. The van der Waals surface area contributed by atoms with Gasteiger partial charge in [0.2, 0.25) is 0 Å². The normalized spacial score (nSPS) is 19.5. The summed E-state index contributed by atoms with van der Waals surface area (Å²) in [6.45, 7) is 1.89. The molecule has 4 aromatic rings. The number of piperidine rings is 1. The monoisotopic (exact) mass is 465 g/mol. The van der Waals surface area contributed by atoms with Gasteiger partial charge in [-0.2, -0.15) is 5.10 Å². The average molecular weight is 465 g/mol. The summed E-state index contributed by atoms with van der Waals surface area (Å²) in [5.41, 5.74) is 4.48. The number of benzene rings is 1. The number of hydrogen-bond acceptors (Lipinski definition) is 3. The summed E-state index contributed by atoms with van der Waals surface area (Å²) in [5.74, 6) is -4.05. The lowest BCUT2D eigenvalue weighted by atomic mass is 9.81. The second kappa shape index (κ2) is 7.44. The lowest BCUT2D eigenvalue weighted by molar-refractivity contribution is 0.0384. The van der Waals surface area contributed by atoms with Gasteiger partial charge in [0.15, 0.2) is 17.5 Å². The Balaban J connectivity index is 1.45. The predicted molar refractivity (Wildman–Crippen MR) is 119 cm³/mol. The van der Waals surface area contributed by atoms with Crippen LogP contribution >= 0.6 is 0 Å². The molecule has 0 radical (unpaired) electrons. The number of nitrogens with zero attached hydrogens (tertiary/aromatic N) is 5. The van der Waals surface area contributed by atoms with E-state index in [1.54, 1.807) is 17.8 Å². The van der Waals surface area contributed by atoms with Crippen LogP contribution in [0.15, 0.2) is 36.5 Å². The summed E-state index contributed by atoms with van der Waals surface area (Å²) in [6.07, 6.45) is 4.89. The number of rotatable bonds is 2. The van der Waals surface area contributed by atoms with Crippen LogP contribution in [0.3, 0.4) is 0 Å². The van der Waals surface area contributed by atoms with Crippen molar-refractivity contribution in [3.63, 3.8) is 0 Å². The SMILES string of the molecule is Cc1cn2c(C(=O)N3[C@@H]4CCC[C@H]3c3nn(C)c(-c5cc(F)c(F)c(F)c5)c3C4)cccc2n1. The van der Waals surface area contributed by atoms with Crippen LogP contribution in [0.4, 0.5) is 13.2 Å². The molecule has 0 aliphatic carbocycles. The van der Waals surface area contributed by atoms with Crippen LogP contribution in [0.1, 0.15) is 52.7 Å². The van der Waals surface area contributed by atoms with Crippen molar-refractivity contribution in [1.29, 1.82) is 0 Å². The third-order valence-corrected chi connectivity index (χ3v) is 7.00. The third-order valence-electron chi connectivity index (χ3n) is 7.00. The van der Waals surface area contributed by atoms with E-state index in [0.29, 0.717) is 23.5 Å². The van der Waals surface area contributed by atoms with Gasteiger partial charge in [-0.05, 0) is 56.9 Å². The number of imidazole rings is 1. The molecular weight excluding hydrogens is 443 g/mol. The molecule has 0 unspecified atom stereocenters. The standard InChI is InChI=1S/C25H22F3N5O/c1-13-12-32-20(7-4-8-21(32)29-13)25(34)33-15-5-3-6-19(33)23-16(11-15)24(31(2)30-23)14-9-17(26)22(28)18(27)10-14/h4,7-10,12,15,19H,3,5-6,11H2,1-2H3/t15-,19+/m1/s1. The van der Waals surface area contributed by atoms with Crippen LogP contribution in [-0.2, 0) is 13.5 Å². The molecule has 1 amide bonds. The number of fused-ring (bicyclic) bond motifs is 5. The topological polar surface area (TPSA) is 55.4 Å². The zero-order chi connectivity index (χ0) is 23.7. The summed E-state index contributed by atoms with van der Waals surface area (Å²) in [4.78, 5) is 20.2. The highest BCUT2D eigenvalue weighted by Gasteiger charge is 2.44. The zero-order valence-corrected chi connectivity index (χ0v) is 18.7. The van der Waals surface area contributed by atoms with E-state index in [0.717, 1.165) is 48.3 Å². The van der Waals surface area contributed by atoms with E-state index in [1.165, 1.54) is 0 Å². The molecule has 0 spiro atoms. The van der Waals surface area contributed by atoms with E-state index in [9.17, 15) is 18.0 Å². The van der Waals surface area contributed by atoms with Crippen molar-refractivity contribution < 1.29 is 18.0 Å². The van der Waals surface area contributed by atoms with Gasteiger partial charge in [-0.3, -0.25) is 13.9 Å². The Morgan fingerprint density at radius 3 is 2.65 bits per heavy atom. The van der Waals surface area contributed by atoms with Crippen LogP contribution in [-0.4, -0.2) is 36.0 Å². The molecule has 1 saturated heterocycles. The summed E-state index contributed by atoms with van der Waals surface area (Å²) >= 11 is 0. The van der Waals surface area contributed by atoms with E-state index in [2.05, 4.69) is 10.1 Å². The summed E-state index contributed by atoms with van der Waals surface area (Å²) in [7, 11) is 1.71. The average Bonchev–Trinajstić information content (AvgIpc) is 3.34. The molecule has 5 heterocycles. The van der Waals surface area contributed by atoms with Crippen molar-refractivity contribution in [2.24, 2.45) is 7.05 Å². The van der Waals surface area contributed by atoms with Crippen molar-refractivity contribution >= 4 is 11.6 Å². The molecule has 1 fully saturated rings. The molecule has 9 heteroatoms. The Morgan fingerprint density at radius 1 is 1.12 bits per heavy atom. The molecule has 0 N–H and O–H groups in total. The molecule has 6 nitrogen and oxygen atoms in total. The molecule has 2 bridgehead atoms. The largest absolute Gasteiger partial charge is 0.325 e.